The number of benzene rings is 2. The second-order valence-corrected chi connectivity index (χ2v) is 11.8. The highest BCUT2D eigenvalue weighted by Crippen LogP contribution is 2.20. The maximum Gasteiger partial charge on any atom is 0.258 e. The molecule has 0 spiro atoms. The molecule has 13 nitrogen and oxygen atoms in total. The maximum atomic E-state index is 13.9. The topological polar surface area (TPSA) is 172 Å². The molecule has 246 valence electrons. The predicted molar refractivity (Wildman–Crippen MR) is 171 cm³/mol. The first kappa shape index (κ1) is 33.0. The highest BCUT2D eigenvalue weighted by atomic mass is 16.5. The second-order valence-electron chi connectivity index (χ2n) is 11.8. The SMILES string of the molecule is Cc1cnc(CNC(=O)[C@@H]2Cc3ccc(cc3)OCC(=O)N[C@H](Cc3ccccc3)C(=O)N3CCC[C@@H]3C(=O)N[C@@H](C)C(=O)N2)cn1. The van der Waals surface area contributed by atoms with Gasteiger partial charge in [-0.05, 0) is 49.9 Å². The summed E-state index contributed by atoms with van der Waals surface area (Å²) in [6.45, 7) is 3.44. The normalized spacial score (nSPS) is 22.5. The van der Waals surface area contributed by atoms with E-state index in [0.29, 0.717) is 30.8 Å². The van der Waals surface area contributed by atoms with Crippen molar-refractivity contribution >= 4 is 29.5 Å². The van der Waals surface area contributed by atoms with Crippen LogP contribution in [0.25, 0.3) is 0 Å². The number of aromatic nitrogens is 2. The van der Waals surface area contributed by atoms with Crippen LogP contribution in [0.4, 0.5) is 0 Å². The predicted octanol–water partition coefficient (Wildman–Crippen LogP) is 0.744. The Balaban J connectivity index is 1.37. The highest BCUT2D eigenvalue weighted by molar-refractivity contribution is 5.96. The van der Waals surface area contributed by atoms with Crippen molar-refractivity contribution in [3.63, 3.8) is 0 Å². The Hall–Kier alpha value is -5.33. The van der Waals surface area contributed by atoms with Gasteiger partial charge in [-0.25, -0.2) is 0 Å². The minimum Gasteiger partial charge on any atom is -0.484 e. The van der Waals surface area contributed by atoms with Crippen molar-refractivity contribution in [1.82, 2.24) is 36.1 Å². The average Bonchev–Trinajstić information content (AvgIpc) is 3.57. The molecule has 47 heavy (non-hydrogen) atoms. The number of carbonyl (C=O) groups is 5. The third-order valence-corrected chi connectivity index (χ3v) is 8.15. The van der Waals surface area contributed by atoms with Crippen LogP contribution in [0.2, 0.25) is 0 Å². The van der Waals surface area contributed by atoms with E-state index in [1.807, 2.05) is 37.3 Å². The molecule has 2 bridgehead atoms. The van der Waals surface area contributed by atoms with Crippen LogP contribution in [-0.2, 0) is 43.4 Å². The van der Waals surface area contributed by atoms with Gasteiger partial charge in [0.05, 0.1) is 24.1 Å². The van der Waals surface area contributed by atoms with E-state index in [9.17, 15) is 24.0 Å². The third-order valence-electron chi connectivity index (χ3n) is 8.15. The number of amides is 5. The molecule has 3 aliphatic heterocycles. The lowest BCUT2D eigenvalue weighted by molar-refractivity contribution is -0.142. The fourth-order valence-electron chi connectivity index (χ4n) is 5.59. The first-order valence-corrected chi connectivity index (χ1v) is 15.7. The van der Waals surface area contributed by atoms with Gasteiger partial charge < -0.3 is 30.9 Å². The summed E-state index contributed by atoms with van der Waals surface area (Å²) >= 11 is 0. The lowest BCUT2D eigenvalue weighted by Crippen LogP contribution is -2.57. The van der Waals surface area contributed by atoms with Crippen molar-refractivity contribution in [3.05, 3.63) is 89.5 Å². The van der Waals surface area contributed by atoms with E-state index in [2.05, 4.69) is 31.2 Å². The number of nitrogens with zero attached hydrogens (tertiary/aromatic N) is 3. The van der Waals surface area contributed by atoms with Crippen LogP contribution in [0.5, 0.6) is 5.75 Å². The van der Waals surface area contributed by atoms with Crippen molar-refractivity contribution in [2.45, 2.75) is 70.2 Å². The Bertz CT molecular complexity index is 1580. The molecule has 0 radical (unpaired) electrons. The van der Waals surface area contributed by atoms with Crippen molar-refractivity contribution in [3.8, 4) is 5.75 Å². The molecule has 1 aromatic heterocycles. The number of fused-ring (bicyclic) bond motifs is 13. The van der Waals surface area contributed by atoms with Crippen molar-refractivity contribution in [1.29, 1.82) is 0 Å². The number of hydrogen-bond acceptors (Lipinski definition) is 8. The van der Waals surface area contributed by atoms with Crippen LogP contribution in [0.1, 0.15) is 42.3 Å². The summed E-state index contributed by atoms with van der Waals surface area (Å²) < 4.78 is 5.71. The summed E-state index contributed by atoms with van der Waals surface area (Å²) in [6.07, 6.45) is 4.53. The van der Waals surface area contributed by atoms with Gasteiger partial charge in [0.1, 0.15) is 29.9 Å². The van der Waals surface area contributed by atoms with Crippen LogP contribution >= 0.6 is 0 Å². The average molecular weight is 642 g/mol. The molecule has 4 heterocycles. The van der Waals surface area contributed by atoms with E-state index in [0.717, 1.165) is 16.8 Å². The Morgan fingerprint density at radius 1 is 0.957 bits per heavy atom. The van der Waals surface area contributed by atoms with Crippen LogP contribution in [0, 0.1) is 6.92 Å². The van der Waals surface area contributed by atoms with Gasteiger partial charge in [0.25, 0.3) is 5.91 Å². The van der Waals surface area contributed by atoms with E-state index in [-0.39, 0.29) is 26.0 Å². The summed E-state index contributed by atoms with van der Waals surface area (Å²) in [4.78, 5) is 76.9. The largest absolute Gasteiger partial charge is 0.484 e. The summed E-state index contributed by atoms with van der Waals surface area (Å²) in [7, 11) is 0. The maximum absolute atomic E-state index is 13.9. The van der Waals surface area contributed by atoms with E-state index in [4.69, 9.17) is 4.74 Å². The fraction of sp³-hybridized carbons (Fsp3) is 0.382. The molecule has 1 saturated heterocycles. The van der Waals surface area contributed by atoms with Gasteiger partial charge in [0, 0.05) is 25.6 Å². The Kier molecular flexibility index (Phi) is 10.8. The molecular weight excluding hydrogens is 602 g/mol. The molecule has 4 atom stereocenters. The van der Waals surface area contributed by atoms with Gasteiger partial charge in [-0.1, -0.05) is 42.5 Å². The molecule has 5 amide bonds. The number of aryl methyl sites for hydroxylation is 1. The minimum atomic E-state index is -1.00. The number of rotatable bonds is 5. The summed E-state index contributed by atoms with van der Waals surface area (Å²) in [5, 5.41) is 11.1. The van der Waals surface area contributed by atoms with Crippen molar-refractivity contribution in [2.24, 2.45) is 0 Å². The molecule has 6 rings (SSSR count). The quantitative estimate of drug-likeness (QED) is 0.316. The Morgan fingerprint density at radius 3 is 2.45 bits per heavy atom. The zero-order valence-corrected chi connectivity index (χ0v) is 26.4. The highest BCUT2D eigenvalue weighted by Gasteiger charge is 2.38. The first-order valence-electron chi connectivity index (χ1n) is 15.7. The number of carbonyl (C=O) groups excluding carboxylic acids is 5. The lowest BCUT2D eigenvalue weighted by atomic mass is 10.0. The molecule has 13 heteroatoms. The Morgan fingerprint density at radius 2 is 1.72 bits per heavy atom. The van der Waals surface area contributed by atoms with Gasteiger partial charge in [0.2, 0.25) is 23.6 Å². The fourth-order valence-corrected chi connectivity index (χ4v) is 5.59. The monoisotopic (exact) mass is 641 g/mol. The van der Waals surface area contributed by atoms with Crippen LogP contribution in [0.15, 0.2) is 67.0 Å². The molecule has 0 aliphatic carbocycles. The number of hydrogen-bond donors (Lipinski definition) is 4. The van der Waals surface area contributed by atoms with Crippen LogP contribution < -0.4 is 26.0 Å². The van der Waals surface area contributed by atoms with Crippen LogP contribution in [-0.4, -0.2) is 81.7 Å². The number of nitrogens with one attached hydrogen (secondary N) is 4. The molecule has 3 aliphatic rings. The molecular formula is C34H39N7O6. The molecule has 1 fully saturated rings. The summed E-state index contributed by atoms with van der Waals surface area (Å²) in [5.74, 6) is -1.96. The first-order chi connectivity index (χ1) is 22.7. The van der Waals surface area contributed by atoms with Gasteiger partial charge in [-0.3, -0.25) is 33.9 Å². The van der Waals surface area contributed by atoms with E-state index in [1.165, 1.54) is 11.8 Å². The van der Waals surface area contributed by atoms with Crippen LogP contribution in [0.3, 0.4) is 0 Å². The molecule has 2 aromatic carbocycles. The van der Waals surface area contributed by atoms with E-state index in [1.54, 1.807) is 36.7 Å². The standard InChI is InChI=1S/C34H39N7O6/c1-21-17-36-25(18-35-21)19-37-32(44)27-15-24-10-12-26(13-11-24)47-20-30(42)39-28(16-23-7-4-3-5-8-23)34(46)41-14-6-9-29(41)33(45)38-22(2)31(43)40-27/h3-5,7-8,10-13,17-18,22,27-29H,6,9,14-16,19-20H2,1-2H3,(H,37,44)(H,38,45)(H,39,42)(H,40,43)/t22-,27-,28+,29+/m0/s1. The van der Waals surface area contributed by atoms with E-state index >= 15 is 0 Å². The smallest absolute Gasteiger partial charge is 0.258 e. The number of ether oxygens (including phenoxy) is 1. The van der Waals surface area contributed by atoms with E-state index < -0.39 is 53.7 Å². The van der Waals surface area contributed by atoms with Gasteiger partial charge in [-0.15, -0.1) is 0 Å². The van der Waals surface area contributed by atoms with Gasteiger partial charge >= 0.3 is 0 Å². The van der Waals surface area contributed by atoms with Gasteiger partial charge in [-0.2, -0.15) is 0 Å². The van der Waals surface area contributed by atoms with Crippen molar-refractivity contribution < 1.29 is 28.7 Å². The van der Waals surface area contributed by atoms with Crippen molar-refractivity contribution in [2.75, 3.05) is 13.2 Å². The molecule has 3 aromatic rings. The Labute approximate surface area is 272 Å². The molecule has 0 saturated carbocycles. The van der Waals surface area contributed by atoms with Gasteiger partial charge in [0.15, 0.2) is 6.61 Å². The summed E-state index contributed by atoms with van der Waals surface area (Å²) in [5.41, 5.74) is 2.87. The second kappa shape index (κ2) is 15.3. The zero-order valence-electron chi connectivity index (χ0n) is 26.4. The minimum absolute atomic E-state index is 0.108. The lowest BCUT2D eigenvalue weighted by Gasteiger charge is -2.29. The molecule has 0 unspecified atom stereocenters. The third kappa shape index (κ3) is 8.90. The zero-order chi connectivity index (χ0) is 33.3. The summed E-state index contributed by atoms with van der Waals surface area (Å²) in [6, 6.07) is 12.4. The molecule has 4 N–H and O–H groups in total.